The molecule has 2 amide bonds. The number of hydrogen-bond donors (Lipinski definition) is 3. The van der Waals surface area contributed by atoms with Crippen LogP contribution in [0.5, 0.6) is 0 Å². The van der Waals surface area contributed by atoms with Crippen LogP contribution in [0.2, 0.25) is 0 Å². The van der Waals surface area contributed by atoms with Crippen LogP contribution in [0.25, 0.3) is 0 Å². The van der Waals surface area contributed by atoms with Crippen LogP contribution in [-0.4, -0.2) is 58.4 Å². The molecule has 1 saturated heterocycles. The van der Waals surface area contributed by atoms with E-state index in [1.807, 2.05) is 5.32 Å². The number of aromatic carboxylic acids is 1. The summed E-state index contributed by atoms with van der Waals surface area (Å²) in [4.78, 5) is 33.7. The minimum absolute atomic E-state index is 0.560. The molecule has 2 rings (SSSR count). The number of H-pyrrole nitrogens is 1. The van der Waals surface area contributed by atoms with Crippen LogP contribution in [-0.2, 0) is 19.6 Å². The number of carbonyl (C=O) groups is 3. The first-order valence-corrected chi connectivity index (χ1v) is 6.81. The van der Waals surface area contributed by atoms with E-state index in [4.69, 9.17) is 5.11 Å². The van der Waals surface area contributed by atoms with E-state index in [-0.39, 0.29) is 0 Å². The van der Waals surface area contributed by atoms with Crippen LogP contribution < -0.4 is 5.32 Å². The Labute approximate surface area is 112 Å². The number of nitrogens with zero attached hydrogens (tertiary/aromatic N) is 2. The fourth-order valence-corrected chi connectivity index (χ4v) is 3.34. The van der Waals surface area contributed by atoms with E-state index in [0.29, 0.717) is 4.31 Å². The first-order valence-electron chi connectivity index (χ1n) is 5.37. The molecule has 0 aromatic carbocycles. The first kappa shape index (κ1) is 14.1. The monoisotopic (exact) mass is 302 g/mol. The van der Waals surface area contributed by atoms with Gasteiger partial charge in [-0.3, -0.25) is 20.0 Å². The molecule has 1 aromatic rings. The van der Waals surface area contributed by atoms with Crippen molar-refractivity contribution in [3.05, 3.63) is 11.8 Å². The van der Waals surface area contributed by atoms with Crippen molar-refractivity contribution in [2.75, 3.05) is 6.54 Å². The van der Waals surface area contributed by atoms with Gasteiger partial charge in [-0.1, -0.05) is 0 Å². The summed E-state index contributed by atoms with van der Waals surface area (Å²) in [5.74, 6) is -3.05. The van der Waals surface area contributed by atoms with Crippen molar-refractivity contribution in [1.82, 2.24) is 19.8 Å². The summed E-state index contributed by atoms with van der Waals surface area (Å²) < 4.78 is 25.3. The highest BCUT2D eigenvalue weighted by atomic mass is 32.2. The maximum atomic E-state index is 12.3. The van der Waals surface area contributed by atoms with Gasteiger partial charge < -0.3 is 5.11 Å². The van der Waals surface area contributed by atoms with Gasteiger partial charge in [0.1, 0.15) is 11.6 Å². The second kappa shape index (κ2) is 4.68. The molecule has 1 aromatic heterocycles. The van der Waals surface area contributed by atoms with E-state index in [1.54, 1.807) is 0 Å². The van der Waals surface area contributed by atoms with Gasteiger partial charge in [-0.25, -0.2) is 13.2 Å². The average Bonchev–Trinajstić information content (AvgIpc) is 2.83. The molecule has 0 aliphatic carbocycles. The molecule has 1 fully saturated rings. The Morgan fingerprint density at radius 3 is 2.75 bits per heavy atom. The molecule has 20 heavy (non-hydrogen) atoms. The Hall–Kier alpha value is -2.27. The van der Waals surface area contributed by atoms with Gasteiger partial charge in [0.25, 0.3) is 10.0 Å². The Bertz CT molecular complexity index is 693. The molecule has 1 atom stereocenters. The molecule has 11 heteroatoms. The van der Waals surface area contributed by atoms with Crippen molar-refractivity contribution >= 4 is 27.8 Å². The Balaban J connectivity index is 2.49. The second-order valence-corrected chi connectivity index (χ2v) is 5.88. The van der Waals surface area contributed by atoms with Gasteiger partial charge >= 0.3 is 5.97 Å². The van der Waals surface area contributed by atoms with E-state index < -0.39 is 51.0 Å². The maximum Gasteiger partial charge on any atom is 0.340 e. The molecule has 108 valence electrons. The second-order valence-electron chi connectivity index (χ2n) is 4.06. The summed E-state index contributed by atoms with van der Waals surface area (Å²) in [5.41, 5.74) is -0.560. The molecule has 0 radical (unpaired) electrons. The molecule has 2 heterocycles. The van der Waals surface area contributed by atoms with Gasteiger partial charge in [-0.05, 0) is 6.92 Å². The lowest BCUT2D eigenvalue weighted by Gasteiger charge is -2.30. The van der Waals surface area contributed by atoms with Crippen LogP contribution in [0.1, 0.15) is 17.3 Å². The predicted octanol–water partition coefficient (Wildman–Crippen LogP) is -1.86. The number of piperazine rings is 1. The lowest BCUT2D eigenvalue weighted by atomic mass is 10.2. The molecule has 0 saturated carbocycles. The Morgan fingerprint density at radius 1 is 1.50 bits per heavy atom. The van der Waals surface area contributed by atoms with Crippen LogP contribution >= 0.6 is 0 Å². The highest BCUT2D eigenvalue weighted by molar-refractivity contribution is 7.89. The summed E-state index contributed by atoms with van der Waals surface area (Å²) in [6, 6.07) is -1.14. The average molecular weight is 302 g/mol. The number of rotatable bonds is 3. The van der Waals surface area contributed by atoms with Crippen molar-refractivity contribution < 1.29 is 27.9 Å². The summed E-state index contributed by atoms with van der Waals surface area (Å²) in [5, 5.41) is 15.7. The van der Waals surface area contributed by atoms with Gasteiger partial charge in [0.05, 0.1) is 12.7 Å². The minimum atomic E-state index is -4.36. The molecule has 1 aliphatic heterocycles. The molecule has 10 nitrogen and oxygen atoms in total. The van der Waals surface area contributed by atoms with Gasteiger partial charge in [0.2, 0.25) is 11.8 Å². The Kier molecular flexibility index (Phi) is 3.31. The first-order chi connectivity index (χ1) is 9.25. The number of amides is 2. The summed E-state index contributed by atoms with van der Waals surface area (Å²) in [7, 11) is -4.36. The van der Waals surface area contributed by atoms with Crippen molar-refractivity contribution in [3.63, 3.8) is 0 Å². The number of imide groups is 1. The zero-order valence-electron chi connectivity index (χ0n) is 10.2. The van der Waals surface area contributed by atoms with E-state index in [9.17, 15) is 22.8 Å². The number of carboxylic acids is 1. The van der Waals surface area contributed by atoms with E-state index in [1.165, 1.54) is 6.92 Å². The number of nitrogens with one attached hydrogen (secondary N) is 2. The van der Waals surface area contributed by atoms with Gasteiger partial charge in [-0.2, -0.15) is 9.40 Å². The molecule has 1 unspecified atom stereocenters. The highest BCUT2D eigenvalue weighted by Crippen LogP contribution is 2.21. The zero-order valence-corrected chi connectivity index (χ0v) is 11.0. The summed E-state index contributed by atoms with van der Waals surface area (Å²) in [6.07, 6.45) is 0.839. The summed E-state index contributed by atoms with van der Waals surface area (Å²) in [6.45, 7) is 0.712. The van der Waals surface area contributed by atoms with Crippen LogP contribution in [0, 0.1) is 0 Å². The van der Waals surface area contributed by atoms with Crippen LogP contribution in [0.3, 0.4) is 0 Å². The third kappa shape index (κ3) is 2.16. The van der Waals surface area contributed by atoms with E-state index in [2.05, 4.69) is 10.2 Å². The largest absolute Gasteiger partial charge is 0.478 e. The summed E-state index contributed by atoms with van der Waals surface area (Å²) >= 11 is 0. The van der Waals surface area contributed by atoms with Crippen LogP contribution in [0.4, 0.5) is 0 Å². The third-order valence-corrected chi connectivity index (χ3v) is 4.66. The van der Waals surface area contributed by atoms with E-state index in [0.717, 1.165) is 6.20 Å². The van der Waals surface area contributed by atoms with Crippen LogP contribution in [0.15, 0.2) is 11.2 Å². The fourth-order valence-electron chi connectivity index (χ4n) is 1.72. The highest BCUT2D eigenvalue weighted by Gasteiger charge is 2.41. The lowest BCUT2D eigenvalue weighted by molar-refractivity contribution is -0.136. The number of aromatic nitrogens is 2. The topological polar surface area (TPSA) is 150 Å². The molecule has 1 aliphatic rings. The van der Waals surface area contributed by atoms with Gasteiger partial charge in [0.15, 0.2) is 5.03 Å². The third-order valence-electron chi connectivity index (χ3n) is 2.77. The number of carbonyl (C=O) groups excluding carboxylic acids is 2. The number of hydrogen-bond acceptors (Lipinski definition) is 6. The number of aromatic amines is 1. The van der Waals surface area contributed by atoms with Crippen molar-refractivity contribution in [1.29, 1.82) is 0 Å². The zero-order chi connectivity index (χ0) is 15.1. The molecular formula is C9H10N4O6S. The SMILES string of the molecule is CC1C(=O)NC(=O)CN1S(=O)(=O)c1[nH]ncc1C(=O)O. The maximum absolute atomic E-state index is 12.3. The van der Waals surface area contributed by atoms with Crippen molar-refractivity contribution in [3.8, 4) is 0 Å². The van der Waals surface area contributed by atoms with Crippen molar-refractivity contribution in [2.45, 2.75) is 18.0 Å². The molecule has 3 N–H and O–H groups in total. The Morgan fingerprint density at radius 2 is 2.15 bits per heavy atom. The standard InChI is InChI=1S/C9H10N4O6S/c1-4-7(15)11-6(14)3-13(4)20(18,19)8-5(9(16)17)2-10-12-8/h2,4H,3H2,1H3,(H,10,12)(H,16,17)(H,11,14,15). The molecule has 0 bridgehead atoms. The quantitative estimate of drug-likeness (QED) is 0.554. The lowest BCUT2D eigenvalue weighted by Crippen LogP contribution is -2.58. The van der Waals surface area contributed by atoms with Gasteiger partial charge in [0, 0.05) is 0 Å². The normalized spacial score (nSPS) is 20.8. The van der Waals surface area contributed by atoms with E-state index >= 15 is 0 Å². The molecular weight excluding hydrogens is 292 g/mol. The van der Waals surface area contributed by atoms with Gasteiger partial charge in [-0.15, -0.1) is 0 Å². The predicted molar refractivity (Wildman–Crippen MR) is 62.1 cm³/mol. The van der Waals surface area contributed by atoms with Crippen molar-refractivity contribution in [2.24, 2.45) is 0 Å². The number of carboxylic acid groups (broad SMARTS) is 1. The number of sulfonamides is 1. The fraction of sp³-hybridized carbons (Fsp3) is 0.333. The smallest absolute Gasteiger partial charge is 0.340 e. The molecule has 0 spiro atoms. The minimum Gasteiger partial charge on any atom is -0.478 e.